The van der Waals surface area contributed by atoms with Gasteiger partial charge >= 0.3 is 0 Å². The molecule has 0 amide bonds. The number of ether oxygens (including phenoxy) is 5. The third-order valence-corrected chi connectivity index (χ3v) is 6.29. The van der Waals surface area contributed by atoms with Crippen molar-refractivity contribution in [2.45, 2.75) is 13.3 Å². The summed E-state index contributed by atoms with van der Waals surface area (Å²) in [6.45, 7) is 4.03. The second-order valence-electron chi connectivity index (χ2n) is 7.28. The van der Waals surface area contributed by atoms with E-state index in [9.17, 15) is 0 Å². The molecule has 0 atom stereocenters. The molecular formula is C24H29N3O5S. The van der Waals surface area contributed by atoms with E-state index in [4.69, 9.17) is 28.7 Å². The summed E-state index contributed by atoms with van der Waals surface area (Å²) in [5, 5.41) is 3.57. The number of methoxy groups -OCH3 is 4. The van der Waals surface area contributed by atoms with Crippen molar-refractivity contribution in [2.75, 3.05) is 53.5 Å². The normalized spacial score (nSPS) is 11.2. The highest BCUT2D eigenvalue weighted by atomic mass is 32.1. The fourth-order valence-corrected chi connectivity index (χ4v) is 4.87. The minimum absolute atomic E-state index is 0.549. The molecule has 2 heterocycles. The third kappa shape index (κ3) is 4.38. The molecule has 0 spiro atoms. The first-order valence-corrected chi connectivity index (χ1v) is 11.6. The summed E-state index contributed by atoms with van der Waals surface area (Å²) in [5.41, 5.74) is 2.75. The van der Waals surface area contributed by atoms with Crippen molar-refractivity contribution in [3.63, 3.8) is 0 Å². The van der Waals surface area contributed by atoms with Crippen molar-refractivity contribution in [2.24, 2.45) is 0 Å². The summed E-state index contributed by atoms with van der Waals surface area (Å²) in [4.78, 5) is 5.88. The Balaban J connectivity index is 1.88. The first-order chi connectivity index (χ1) is 16.1. The Hall–Kier alpha value is -3.17. The monoisotopic (exact) mass is 471 g/mol. The van der Waals surface area contributed by atoms with Gasteiger partial charge in [-0.2, -0.15) is 0 Å². The number of hydrogen-bond donors (Lipinski definition) is 1. The van der Waals surface area contributed by atoms with E-state index in [1.54, 1.807) is 39.8 Å². The maximum atomic E-state index is 5.68. The van der Waals surface area contributed by atoms with Gasteiger partial charge in [0.15, 0.2) is 16.5 Å². The fourth-order valence-electron chi connectivity index (χ4n) is 3.81. The highest BCUT2D eigenvalue weighted by Crippen LogP contribution is 2.44. The Bertz CT molecular complexity index is 1230. The number of aromatic nitrogens is 2. The number of benzene rings is 2. The van der Waals surface area contributed by atoms with Crippen molar-refractivity contribution < 1.29 is 23.7 Å². The van der Waals surface area contributed by atoms with Crippen molar-refractivity contribution >= 4 is 32.3 Å². The summed E-state index contributed by atoms with van der Waals surface area (Å²) in [5.74, 6) is 3.48. The van der Waals surface area contributed by atoms with Gasteiger partial charge in [-0.15, -0.1) is 0 Å². The number of anilines is 1. The van der Waals surface area contributed by atoms with Crippen LogP contribution in [0.3, 0.4) is 0 Å². The molecule has 0 fully saturated rings. The summed E-state index contributed by atoms with van der Waals surface area (Å²) in [6.07, 6.45) is 0.870. The zero-order chi connectivity index (χ0) is 23.4. The Morgan fingerprint density at radius 2 is 1.76 bits per heavy atom. The smallest absolute Gasteiger partial charge is 0.203 e. The van der Waals surface area contributed by atoms with E-state index in [0.29, 0.717) is 30.5 Å². The molecular weight excluding hydrogens is 442 g/mol. The van der Waals surface area contributed by atoms with Gasteiger partial charge < -0.3 is 29.0 Å². The molecule has 0 aliphatic carbocycles. The molecule has 0 bridgehead atoms. The van der Waals surface area contributed by atoms with Crippen molar-refractivity contribution in [3.05, 3.63) is 30.3 Å². The maximum Gasteiger partial charge on any atom is 0.203 e. The molecule has 4 rings (SSSR count). The van der Waals surface area contributed by atoms with Gasteiger partial charge in [-0.05, 0) is 43.7 Å². The van der Waals surface area contributed by atoms with Crippen LogP contribution in [0.1, 0.15) is 13.3 Å². The van der Waals surface area contributed by atoms with Crippen LogP contribution in [0.25, 0.3) is 26.4 Å². The van der Waals surface area contributed by atoms with Gasteiger partial charge in [0, 0.05) is 25.8 Å². The molecule has 2 aromatic heterocycles. The average molecular weight is 472 g/mol. The van der Waals surface area contributed by atoms with E-state index in [2.05, 4.69) is 21.9 Å². The minimum atomic E-state index is 0.549. The molecule has 0 saturated carbocycles. The third-order valence-electron chi connectivity index (χ3n) is 5.29. The Morgan fingerprint density at radius 3 is 2.39 bits per heavy atom. The van der Waals surface area contributed by atoms with Crippen LogP contribution in [0.4, 0.5) is 5.82 Å². The van der Waals surface area contributed by atoms with E-state index in [0.717, 1.165) is 51.0 Å². The van der Waals surface area contributed by atoms with Crippen LogP contribution in [-0.4, -0.2) is 57.6 Å². The number of nitrogens with zero attached hydrogens (tertiary/aromatic N) is 2. The van der Waals surface area contributed by atoms with E-state index in [1.807, 2.05) is 25.1 Å². The van der Waals surface area contributed by atoms with Gasteiger partial charge in [0.1, 0.15) is 17.3 Å². The van der Waals surface area contributed by atoms with Crippen LogP contribution in [0.5, 0.6) is 23.0 Å². The average Bonchev–Trinajstić information content (AvgIpc) is 3.36. The zero-order valence-electron chi connectivity index (χ0n) is 19.6. The number of imidazole rings is 1. The molecule has 8 nitrogen and oxygen atoms in total. The predicted molar refractivity (Wildman–Crippen MR) is 132 cm³/mol. The minimum Gasteiger partial charge on any atom is -0.494 e. The second kappa shape index (κ2) is 10.2. The van der Waals surface area contributed by atoms with Gasteiger partial charge in [-0.25, -0.2) is 4.98 Å². The Labute approximate surface area is 197 Å². The molecule has 0 unspecified atom stereocenters. The lowest BCUT2D eigenvalue weighted by atomic mass is 10.1. The number of nitrogens with one attached hydrogen (secondary N) is 1. The highest BCUT2D eigenvalue weighted by Gasteiger charge is 2.22. The summed E-state index contributed by atoms with van der Waals surface area (Å²) in [6, 6.07) is 9.97. The molecule has 4 aromatic rings. The van der Waals surface area contributed by atoms with Gasteiger partial charge in [0.05, 0.1) is 38.2 Å². The van der Waals surface area contributed by atoms with Crippen molar-refractivity contribution in [1.82, 2.24) is 9.38 Å². The van der Waals surface area contributed by atoms with Gasteiger partial charge in [0.2, 0.25) is 5.75 Å². The molecule has 0 aliphatic heterocycles. The molecule has 0 aliphatic rings. The van der Waals surface area contributed by atoms with Crippen LogP contribution >= 0.6 is 11.3 Å². The summed E-state index contributed by atoms with van der Waals surface area (Å²) >= 11 is 1.62. The van der Waals surface area contributed by atoms with Crippen LogP contribution in [0, 0.1) is 0 Å². The van der Waals surface area contributed by atoms with Crippen LogP contribution < -0.4 is 24.3 Å². The van der Waals surface area contributed by atoms with Crippen LogP contribution in [0.15, 0.2) is 30.3 Å². The first-order valence-electron chi connectivity index (χ1n) is 10.8. The topological polar surface area (TPSA) is 75.5 Å². The molecule has 1 N–H and O–H groups in total. The predicted octanol–water partition coefficient (Wildman–Crippen LogP) is 5.09. The van der Waals surface area contributed by atoms with Crippen molar-refractivity contribution in [3.8, 4) is 34.3 Å². The Morgan fingerprint density at radius 1 is 1.00 bits per heavy atom. The quantitative estimate of drug-likeness (QED) is 0.305. The molecule has 9 heteroatoms. The zero-order valence-corrected chi connectivity index (χ0v) is 20.4. The number of rotatable bonds is 11. The fraction of sp³-hybridized carbons (Fsp3) is 0.375. The van der Waals surface area contributed by atoms with Gasteiger partial charge in [0.25, 0.3) is 0 Å². The van der Waals surface area contributed by atoms with Crippen molar-refractivity contribution in [1.29, 1.82) is 0 Å². The highest BCUT2D eigenvalue weighted by molar-refractivity contribution is 7.23. The second-order valence-corrected chi connectivity index (χ2v) is 8.29. The Kier molecular flexibility index (Phi) is 7.10. The van der Waals surface area contributed by atoms with Gasteiger partial charge in [-0.1, -0.05) is 11.3 Å². The SMILES string of the molecule is CCOc1ccc2c(c1)sc1nc(-c3cc(OC)c(OC)c(OC)c3)c(NCCCOC)n12. The number of fused-ring (bicyclic) bond motifs is 3. The van der Waals surface area contributed by atoms with E-state index in [1.165, 1.54) is 0 Å². The lowest BCUT2D eigenvalue weighted by Crippen LogP contribution is -2.07. The van der Waals surface area contributed by atoms with E-state index < -0.39 is 0 Å². The molecule has 0 saturated heterocycles. The van der Waals surface area contributed by atoms with E-state index in [-0.39, 0.29) is 0 Å². The lowest BCUT2D eigenvalue weighted by Gasteiger charge is -2.14. The summed E-state index contributed by atoms with van der Waals surface area (Å²) in [7, 11) is 6.53. The van der Waals surface area contributed by atoms with Crippen LogP contribution in [-0.2, 0) is 4.74 Å². The lowest BCUT2D eigenvalue weighted by molar-refractivity contribution is 0.198. The largest absolute Gasteiger partial charge is 0.494 e. The molecule has 33 heavy (non-hydrogen) atoms. The standard InChI is InChI=1S/C24H29N3O5S/c1-6-32-16-8-9-17-20(14-16)33-24-26-21(23(27(17)24)25-10-7-11-28-2)15-12-18(29-3)22(31-5)19(13-15)30-4/h8-9,12-14,25H,6-7,10-11H2,1-5H3. The van der Waals surface area contributed by atoms with Gasteiger partial charge in [-0.3, -0.25) is 4.40 Å². The number of thiazole rings is 1. The molecule has 176 valence electrons. The van der Waals surface area contributed by atoms with E-state index >= 15 is 0 Å². The first kappa shape index (κ1) is 23.0. The summed E-state index contributed by atoms with van der Waals surface area (Å²) < 4.78 is 30.8. The molecule has 0 radical (unpaired) electrons. The number of hydrogen-bond acceptors (Lipinski definition) is 8. The van der Waals surface area contributed by atoms with Crippen LogP contribution in [0.2, 0.25) is 0 Å². The maximum absolute atomic E-state index is 5.68. The molecule has 2 aromatic carbocycles.